The summed E-state index contributed by atoms with van der Waals surface area (Å²) < 4.78 is 0. The number of carbonyl (C=O) groups is 1. The summed E-state index contributed by atoms with van der Waals surface area (Å²) in [6.45, 7) is 0. The summed E-state index contributed by atoms with van der Waals surface area (Å²) in [5, 5.41) is 0. The molecule has 8 atom stereocenters. The highest BCUT2D eigenvalue weighted by atomic mass is 16.1. The lowest BCUT2D eigenvalue weighted by Crippen LogP contribution is -2.10. The van der Waals surface area contributed by atoms with Crippen molar-refractivity contribution in [2.45, 2.75) is 0 Å². The van der Waals surface area contributed by atoms with Crippen molar-refractivity contribution in [3.8, 4) is 0 Å². The van der Waals surface area contributed by atoms with Gasteiger partial charge in [0.05, 0.1) is 0 Å². The van der Waals surface area contributed by atoms with Gasteiger partial charge in [-0.25, -0.2) is 0 Å². The van der Waals surface area contributed by atoms with Crippen LogP contribution in [0.2, 0.25) is 0 Å². The van der Waals surface area contributed by atoms with Gasteiger partial charge in [-0.15, -0.1) is 0 Å². The molecule has 0 aromatic heterocycles. The number of hydrogen-bond acceptors (Lipinski definition) is 1. The maximum Gasteiger partial charge on any atom is 0.140 e. The number of Topliss-reactive ketones (excluding diaryl/α,β-unsaturated/α-hetero) is 1. The van der Waals surface area contributed by atoms with E-state index in [-0.39, 0.29) is 0 Å². The molecule has 10 heavy (non-hydrogen) atoms. The monoisotopic (exact) mass is 132 g/mol. The number of carbonyl (C=O) groups excluding carboxylic acids is 1. The summed E-state index contributed by atoms with van der Waals surface area (Å²) in [7, 11) is 0. The zero-order valence-electron chi connectivity index (χ0n) is 5.53. The highest BCUT2D eigenvalue weighted by Gasteiger charge is 2.93. The molecular formula is C9H8O. The molecule has 0 heterocycles. The number of hydrogen-bond donors (Lipinski definition) is 0. The average Bonchev–Trinajstić information content (AvgIpc) is 2.70. The first-order valence-electron chi connectivity index (χ1n) is 4.45. The van der Waals surface area contributed by atoms with E-state index in [1.807, 2.05) is 0 Å². The van der Waals surface area contributed by atoms with Crippen molar-refractivity contribution in [2.24, 2.45) is 47.3 Å². The molecule has 1 heteroatoms. The topological polar surface area (TPSA) is 17.1 Å². The van der Waals surface area contributed by atoms with E-state index in [0.29, 0.717) is 17.6 Å². The third-order valence-corrected chi connectivity index (χ3v) is 5.15. The quantitative estimate of drug-likeness (QED) is 0.470. The van der Waals surface area contributed by atoms with Crippen LogP contribution in [-0.2, 0) is 4.79 Å². The minimum absolute atomic E-state index is 0.620. The summed E-state index contributed by atoms with van der Waals surface area (Å²) in [5.41, 5.74) is 0. The fourth-order valence-corrected chi connectivity index (χ4v) is 5.21. The second kappa shape index (κ2) is 0.717. The lowest BCUT2D eigenvalue weighted by atomic mass is 10.0. The third-order valence-electron chi connectivity index (χ3n) is 5.15. The summed E-state index contributed by atoms with van der Waals surface area (Å²) >= 11 is 0. The molecule has 0 amide bonds. The van der Waals surface area contributed by atoms with Crippen molar-refractivity contribution >= 4 is 5.78 Å². The van der Waals surface area contributed by atoms with E-state index in [9.17, 15) is 4.79 Å². The van der Waals surface area contributed by atoms with Crippen LogP contribution in [0.4, 0.5) is 0 Å². The summed E-state index contributed by atoms with van der Waals surface area (Å²) in [5.74, 6) is 7.87. The molecule has 2 bridgehead atoms. The van der Waals surface area contributed by atoms with Gasteiger partial charge in [-0.2, -0.15) is 0 Å². The molecule has 6 aliphatic rings. The molecule has 6 fully saturated rings. The Morgan fingerprint density at radius 1 is 0.700 bits per heavy atom. The fourth-order valence-electron chi connectivity index (χ4n) is 5.21. The fraction of sp³-hybridized carbons (Fsp3) is 0.889. The molecule has 50 valence electrons. The second-order valence-electron chi connectivity index (χ2n) is 4.92. The molecule has 0 aliphatic heterocycles. The van der Waals surface area contributed by atoms with Gasteiger partial charge < -0.3 is 0 Å². The highest BCUT2D eigenvalue weighted by molar-refractivity contribution is 5.95. The lowest BCUT2D eigenvalue weighted by Gasteiger charge is -2.01. The molecule has 1 nitrogen and oxygen atoms in total. The Morgan fingerprint density at radius 3 is 1.40 bits per heavy atom. The van der Waals surface area contributed by atoms with Crippen LogP contribution in [-0.4, -0.2) is 5.78 Å². The maximum atomic E-state index is 11.5. The van der Waals surface area contributed by atoms with Crippen molar-refractivity contribution in [3.63, 3.8) is 0 Å². The first kappa shape index (κ1) is 3.89. The van der Waals surface area contributed by atoms with E-state index in [1.165, 1.54) is 0 Å². The normalized spacial score (nSPS) is 90.2. The molecule has 0 saturated heterocycles. The van der Waals surface area contributed by atoms with Crippen LogP contribution >= 0.6 is 0 Å². The van der Waals surface area contributed by atoms with Crippen molar-refractivity contribution < 1.29 is 4.79 Å². The van der Waals surface area contributed by atoms with Crippen LogP contribution in [0.1, 0.15) is 0 Å². The van der Waals surface area contributed by atoms with Gasteiger partial charge in [0.15, 0.2) is 0 Å². The average molecular weight is 132 g/mol. The molecule has 6 saturated carbocycles. The first-order valence-corrected chi connectivity index (χ1v) is 4.45. The van der Waals surface area contributed by atoms with Crippen LogP contribution in [0.5, 0.6) is 0 Å². The van der Waals surface area contributed by atoms with E-state index >= 15 is 0 Å². The lowest BCUT2D eigenvalue weighted by molar-refractivity contribution is -0.123. The smallest absolute Gasteiger partial charge is 0.140 e. The van der Waals surface area contributed by atoms with Crippen LogP contribution in [0, 0.1) is 47.3 Å². The minimum atomic E-state index is 0.620. The van der Waals surface area contributed by atoms with Crippen molar-refractivity contribution in [2.75, 3.05) is 0 Å². The van der Waals surface area contributed by atoms with Gasteiger partial charge in [0.2, 0.25) is 0 Å². The van der Waals surface area contributed by atoms with Crippen LogP contribution in [0.15, 0.2) is 0 Å². The van der Waals surface area contributed by atoms with E-state index in [4.69, 9.17) is 0 Å². The molecule has 0 radical (unpaired) electrons. The molecule has 0 N–H and O–H groups in total. The van der Waals surface area contributed by atoms with Crippen molar-refractivity contribution in [1.82, 2.24) is 0 Å². The molecule has 0 spiro atoms. The summed E-state index contributed by atoms with van der Waals surface area (Å²) in [4.78, 5) is 11.5. The zero-order valence-corrected chi connectivity index (χ0v) is 5.53. The third kappa shape index (κ3) is 0.150. The Balaban J connectivity index is 2.00. The maximum absolute atomic E-state index is 11.5. The van der Waals surface area contributed by atoms with Gasteiger partial charge in [-0.3, -0.25) is 4.79 Å². The minimum Gasteiger partial charge on any atom is -0.299 e. The van der Waals surface area contributed by atoms with Gasteiger partial charge >= 0.3 is 0 Å². The summed E-state index contributed by atoms with van der Waals surface area (Å²) in [6.07, 6.45) is 0. The molecule has 6 aliphatic carbocycles. The van der Waals surface area contributed by atoms with Gasteiger partial charge in [0, 0.05) is 11.8 Å². The Hall–Kier alpha value is -0.330. The van der Waals surface area contributed by atoms with Crippen molar-refractivity contribution in [3.05, 3.63) is 0 Å². The molecule has 0 aromatic rings. The van der Waals surface area contributed by atoms with E-state index in [0.717, 1.165) is 35.5 Å². The van der Waals surface area contributed by atoms with E-state index in [1.54, 1.807) is 0 Å². The Morgan fingerprint density at radius 2 is 1.10 bits per heavy atom. The predicted molar refractivity (Wildman–Crippen MR) is 32.9 cm³/mol. The molecule has 6 rings (SSSR count). The van der Waals surface area contributed by atoms with E-state index < -0.39 is 0 Å². The van der Waals surface area contributed by atoms with Crippen LogP contribution in [0.25, 0.3) is 0 Å². The first-order chi connectivity index (χ1) is 4.91. The zero-order chi connectivity index (χ0) is 6.20. The SMILES string of the molecule is O=C1C2[C@@H]3C4C5[C@@H](C1[C@@H]43)[C@@H]25. The second-order valence-corrected chi connectivity index (χ2v) is 4.92. The number of rotatable bonds is 0. The highest BCUT2D eigenvalue weighted by Crippen LogP contribution is 2.93. The van der Waals surface area contributed by atoms with Crippen molar-refractivity contribution in [1.29, 1.82) is 0 Å². The Kier molecular flexibility index (Phi) is 0.279. The van der Waals surface area contributed by atoms with E-state index in [2.05, 4.69) is 0 Å². The van der Waals surface area contributed by atoms with Gasteiger partial charge in [0.1, 0.15) is 5.78 Å². The Bertz CT molecular complexity index is 247. The standard InChI is InChI=1S/C9H8O/c10-9-7-3-1-2-5(7)6(2)8(9)4(1)3/h1-8H/t1?,2?,3-,4+,5+,6-,7?,8?. The van der Waals surface area contributed by atoms with Gasteiger partial charge in [-0.1, -0.05) is 0 Å². The number of ketones is 1. The van der Waals surface area contributed by atoms with Crippen LogP contribution < -0.4 is 0 Å². The molecule has 0 aromatic carbocycles. The Labute approximate surface area is 58.8 Å². The molecule has 4 unspecified atom stereocenters. The van der Waals surface area contributed by atoms with Gasteiger partial charge in [-0.05, 0) is 35.5 Å². The van der Waals surface area contributed by atoms with Crippen LogP contribution in [0.3, 0.4) is 0 Å². The van der Waals surface area contributed by atoms with Gasteiger partial charge in [0.25, 0.3) is 0 Å². The summed E-state index contributed by atoms with van der Waals surface area (Å²) in [6, 6.07) is 0. The largest absolute Gasteiger partial charge is 0.299 e. The predicted octanol–water partition coefficient (Wildman–Crippen LogP) is 0.553. The molecular weight excluding hydrogens is 124 g/mol.